The third kappa shape index (κ3) is 5.29. The summed E-state index contributed by atoms with van der Waals surface area (Å²) in [5, 5.41) is 6.76. The molecule has 0 amide bonds. The number of fused-ring (bicyclic) bond motifs is 5. The van der Waals surface area contributed by atoms with Crippen LogP contribution >= 0.6 is 0 Å². The maximum Gasteiger partial charge on any atom is 0.164 e. The molecule has 1 atom stereocenters. The molecule has 0 bridgehead atoms. The molecule has 7 aromatic carbocycles. The van der Waals surface area contributed by atoms with Gasteiger partial charge in [-0.15, -0.1) is 0 Å². The van der Waals surface area contributed by atoms with Gasteiger partial charge < -0.3 is 4.42 Å². The Bertz CT molecular complexity index is 2850. The predicted molar refractivity (Wildman–Crippen MR) is 209 cm³/mol. The second kappa shape index (κ2) is 12.0. The highest BCUT2D eigenvalue weighted by molar-refractivity contribution is 6.13. The quantitative estimate of drug-likeness (QED) is 0.185. The lowest BCUT2D eigenvalue weighted by atomic mass is 9.91. The number of furan rings is 1. The highest BCUT2D eigenvalue weighted by atomic mass is 16.3. The van der Waals surface area contributed by atoms with Gasteiger partial charge in [0.15, 0.2) is 17.5 Å². The molecular weight excluding hydrogens is 623 g/mol. The Morgan fingerprint density at radius 1 is 0.471 bits per heavy atom. The highest BCUT2D eigenvalue weighted by Crippen LogP contribution is 2.40. The average molecular weight is 654 g/mol. The number of hydrogen-bond donors (Lipinski definition) is 0. The lowest BCUT2D eigenvalue weighted by Crippen LogP contribution is -2.01. The first-order chi connectivity index (χ1) is 25.2. The molecule has 0 radical (unpaired) electrons. The zero-order chi connectivity index (χ0) is 33.7. The van der Waals surface area contributed by atoms with E-state index in [2.05, 4.69) is 140 Å². The van der Waals surface area contributed by atoms with Crippen molar-refractivity contribution >= 4 is 43.5 Å². The molecule has 1 aliphatic rings. The van der Waals surface area contributed by atoms with Gasteiger partial charge in [-0.1, -0.05) is 140 Å². The highest BCUT2D eigenvalue weighted by Gasteiger charge is 2.20. The Morgan fingerprint density at radius 3 is 2.04 bits per heavy atom. The van der Waals surface area contributed by atoms with Crippen LogP contribution in [0.5, 0.6) is 0 Å². The number of nitrogens with zero attached hydrogens (tertiary/aromatic N) is 3. The van der Waals surface area contributed by atoms with Gasteiger partial charge in [0.1, 0.15) is 11.2 Å². The Hall–Kier alpha value is -6.65. The Kier molecular flexibility index (Phi) is 6.91. The Morgan fingerprint density at radius 2 is 1.18 bits per heavy atom. The van der Waals surface area contributed by atoms with Crippen LogP contribution in [0.3, 0.4) is 0 Å². The second-order valence-electron chi connectivity index (χ2n) is 13.2. The molecule has 1 unspecified atom stereocenters. The summed E-state index contributed by atoms with van der Waals surface area (Å²) in [6.07, 6.45) is 9.78. The smallest absolute Gasteiger partial charge is 0.164 e. The first-order valence-corrected chi connectivity index (χ1v) is 17.4. The number of benzene rings is 7. The zero-order valence-corrected chi connectivity index (χ0v) is 27.7. The first kappa shape index (κ1) is 29.3. The fraction of sp³-hybridized carbons (Fsp3) is 0.0426. The fourth-order valence-corrected chi connectivity index (χ4v) is 7.37. The maximum absolute atomic E-state index is 6.52. The van der Waals surface area contributed by atoms with Gasteiger partial charge in [0, 0.05) is 33.4 Å². The van der Waals surface area contributed by atoms with Crippen LogP contribution < -0.4 is 0 Å². The summed E-state index contributed by atoms with van der Waals surface area (Å²) in [5.74, 6) is 2.23. The van der Waals surface area contributed by atoms with E-state index in [1.165, 1.54) is 21.7 Å². The maximum atomic E-state index is 6.52. The van der Waals surface area contributed by atoms with Crippen molar-refractivity contribution in [2.45, 2.75) is 12.3 Å². The number of allylic oxidation sites excluding steroid dienone is 4. The lowest BCUT2D eigenvalue weighted by molar-refractivity contribution is 0.669. The van der Waals surface area contributed by atoms with Crippen molar-refractivity contribution in [3.8, 4) is 45.3 Å². The molecule has 0 saturated heterocycles. The minimum absolute atomic E-state index is 0.374. The topological polar surface area (TPSA) is 51.8 Å². The molecule has 2 aromatic heterocycles. The molecule has 4 heteroatoms. The third-order valence-corrected chi connectivity index (χ3v) is 10.0. The number of rotatable bonds is 5. The van der Waals surface area contributed by atoms with Gasteiger partial charge in [0.05, 0.1) is 0 Å². The molecule has 0 aliphatic heterocycles. The van der Waals surface area contributed by atoms with Crippen LogP contribution in [-0.2, 0) is 0 Å². The zero-order valence-electron chi connectivity index (χ0n) is 27.7. The molecular formula is C47H31N3O. The van der Waals surface area contributed by atoms with Crippen LogP contribution in [-0.4, -0.2) is 15.0 Å². The minimum atomic E-state index is 0.374. The molecule has 0 N–H and O–H groups in total. The summed E-state index contributed by atoms with van der Waals surface area (Å²) in [6, 6.07) is 51.0. The summed E-state index contributed by atoms with van der Waals surface area (Å²) in [5.41, 5.74) is 7.85. The molecule has 51 heavy (non-hydrogen) atoms. The van der Waals surface area contributed by atoms with Crippen LogP contribution in [0.1, 0.15) is 17.9 Å². The van der Waals surface area contributed by atoms with Crippen LogP contribution in [0.25, 0.3) is 88.8 Å². The number of para-hydroxylation sites is 1. The van der Waals surface area contributed by atoms with Crippen LogP contribution in [0.2, 0.25) is 0 Å². The van der Waals surface area contributed by atoms with Crippen molar-refractivity contribution < 1.29 is 4.42 Å². The molecule has 4 nitrogen and oxygen atoms in total. The van der Waals surface area contributed by atoms with Gasteiger partial charge in [-0.2, -0.15) is 0 Å². The molecule has 240 valence electrons. The van der Waals surface area contributed by atoms with E-state index in [0.717, 1.165) is 61.6 Å². The molecule has 0 saturated carbocycles. The van der Waals surface area contributed by atoms with E-state index in [9.17, 15) is 0 Å². The van der Waals surface area contributed by atoms with Gasteiger partial charge in [-0.05, 0) is 75.0 Å². The van der Waals surface area contributed by atoms with Crippen molar-refractivity contribution in [1.82, 2.24) is 15.0 Å². The van der Waals surface area contributed by atoms with Crippen molar-refractivity contribution in [2.24, 2.45) is 0 Å². The molecule has 2 heterocycles. The van der Waals surface area contributed by atoms with E-state index in [-0.39, 0.29) is 0 Å². The van der Waals surface area contributed by atoms with Gasteiger partial charge in [0.2, 0.25) is 0 Å². The van der Waals surface area contributed by atoms with Crippen LogP contribution in [0, 0.1) is 0 Å². The first-order valence-electron chi connectivity index (χ1n) is 17.4. The summed E-state index contributed by atoms with van der Waals surface area (Å²) in [7, 11) is 0. The minimum Gasteiger partial charge on any atom is -0.456 e. The van der Waals surface area contributed by atoms with Gasteiger partial charge in [-0.25, -0.2) is 15.0 Å². The Balaban J connectivity index is 1.20. The van der Waals surface area contributed by atoms with Crippen molar-refractivity contribution in [1.29, 1.82) is 0 Å². The average Bonchev–Trinajstić information content (AvgIpc) is 3.59. The van der Waals surface area contributed by atoms with Crippen LogP contribution in [0.4, 0.5) is 0 Å². The van der Waals surface area contributed by atoms with Gasteiger partial charge in [0.25, 0.3) is 0 Å². The van der Waals surface area contributed by atoms with E-state index < -0.39 is 0 Å². The van der Waals surface area contributed by atoms with E-state index in [1.807, 2.05) is 30.3 Å². The predicted octanol–water partition coefficient (Wildman–Crippen LogP) is 12.3. The third-order valence-electron chi connectivity index (χ3n) is 10.0. The molecule has 0 fully saturated rings. The standard InChI is InChI=1S/C47H31N3O/c1-3-11-30(12-4-1)35-22-20-32-21-24-37(27-38(32)26-35)46-48-45(33-14-5-2-6-15-33)49-47(50-46)41-28-39(36-23-19-31-13-7-8-16-34(31)25-36)29-43-44(41)40-17-9-10-18-42(40)51-43/h1-11,13-30H,12H2. The normalized spacial score (nSPS) is 14.2. The van der Waals surface area contributed by atoms with Crippen LogP contribution in [0.15, 0.2) is 174 Å². The fourth-order valence-electron chi connectivity index (χ4n) is 7.37. The Labute approximate surface area is 295 Å². The van der Waals surface area contributed by atoms with E-state index in [1.54, 1.807) is 0 Å². The molecule has 0 spiro atoms. The van der Waals surface area contributed by atoms with E-state index in [0.29, 0.717) is 23.4 Å². The summed E-state index contributed by atoms with van der Waals surface area (Å²) < 4.78 is 6.52. The number of hydrogen-bond acceptors (Lipinski definition) is 4. The van der Waals surface area contributed by atoms with Crippen molar-refractivity contribution in [2.75, 3.05) is 0 Å². The second-order valence-corrected chi connectivity index (χ2v) is 13.2. The van der Waals surface area contributed by atoms with Gasteiger partial charge in [-0.3, -0.25) is 0 Å². The van der Waals surface area contributed by atoms with Crippen molar-refractivity contribution in [3.05, 3.63) is 175 Å². The van der Waals surface area contributed by atoms with E-state index in [4.69, 9.17) is 19.4 Å². The molecule has 9 aromatic rings. The molecule has 1 aliphatic carbocycles. The molecule has 10 rings (SSSR count). The SMILES string of the molecule is C1=CCC(c2ccc3ccc(-c4nc(-c5ccccc5)nc(-c5cc(-c6ccc7ccccc7c6)cc6oc7ccccc7c56)n4)cc3c2)C=C1. The monoisotopic (exact) mass is 653 g/mol. The lowest BCUT2D eigenvalue weighted by Gasteiger charge is -2.15. The largest absolute Gasteiger partial charge is 0.456 e. The van der Waals surface area contributed by atoms with E-state index >= 15 is 0 Å². The van der Waals surface area contributed by atoms with Gasteiger partial charge >= 0.3 is 0 Å². The summed E-state index contributed by atoms with van der Waals surface area (Å²) >= 11 is 0. The van der Waals surface area contributed by atoms with Crippen molar-refractivity contribution in [3.63, 3.8) is 0 Å². The number of aromatic nitrogens is 3. The summed E-state index contributed by atoms with van der Waals surface area (Å²) in [6.45, 7) is 0. The summed E-state index contributed by atoms with van der Waals surface area (Å²) in [4.78, 5) is 15.5.